The van der Waals surface area contributed by atoms with Gasteiger partial charge in [0.05, 0.1) is 5.70 Å². The fourth-order valence-electron chi connectivity index (χ4n) is 3.14. The first kappa shape index (κ1) is 14.4. The molecular weight excluding hydrogens is 308 g/mol. The van der Waals surface area contributed by atoms with Crippen molar-refractivity contribution in [3.8, 4) is 0 Å². The number of hydrogen-bond donors (Lipinski definition) is 2. The minimum absolute atomic E-state index is 0.257. The first-order valence-corrected chi connectivity index (χ1v) is 8.33. The van der Waals surface area contributed by atoms with Crippen LogP contribution in [-0.2, 0) is 17.6 Å². The van der Waals surface area contributed by atoms with Crippen LogP contribution in [0.15, 0.2) is 59.5 Å². The molecular formula is C18H16N2O2S. The normalized spacial score (nSPS) is 18.1. The molecule has 0 fully saturated rings. The molecule has 23 heavy (non-hydrogen) atoms. The second-order valence-electron chi connectivity index (χ2n) is 5.73. The molecule has 2 aliphatic rings. The van der Waals surface area contributed by atoms with Crippen molar-refractivity contribution in [3.63, 3.8) is 0 Å². The van der Waals surface area contributed by atoms with E-state index >= 15 is 0 Å². The molecule has 0 bridgehead atoms. The van der Waals surface area contributed by atoms with Gasteiger partial charge in [0.25, 0.3) is 0 Å². The van der Waals surface area contributed by atoms with Gasteiger partial charge in [0.1, 0.15) is 4.91 Å². The Hall–Kier alpha value is -2.24. The number of carbonyl (C=O) groups is 1. The monoisotopic (exact) mass is 324 g/mol. The lowest BCUT2D eigenvalue weighted by Crippen LogP contribution is -2.37. The predicted octanol–water partition coefficient (Wildman–Crippen LogP) is 3.08. The number of benzene rings is 2. The summed E-state index contributed by atoms with van der Waals surface area (Å²) < 4.78 is 1.99. The zero-order valence-electron chi connectivity index (χ0n) is 12.4. The summed E-state index contributed by atoms with van der Waals surface area (Å²) >= 11 is 1.29. The van der Waals surface area contributed by atoms with Gasteiger partial charge >= 0.3 is 5.97 Å². The topological polar surface area (TPSA) is 52.6 Å². The zero-order chi connectivity index (χ0) is 15.8. The summed E-state index contributed by atoms with van der Waals surface area (Å²) in [6.07, 6.45) is 1.87. The molecule has 4 nitrogen and oxygen atoms in total. The van der Waals surface area contributed by atoms with Gasteiger partial charge in [-0.2, -0.15) is 4.41 Å². The maximum absolute atomic E-state index is 11.6. The number of fused-ring (bicyclic) bond motifs is 1. The zero-order valence-corrected chi connectivity index (χ0v) is 13.2. The Bertz CT molecular complexity index is 764. The molecule has 0 spiro atoms. The lowest BCUT2D eigenvalue weighted by molar-refractivity contribution is -0.131. The lowest BCUT2D eigenvalue weighted by atomic mass is 10.1. The van der Waals surface area contributed by atoms with Crippen molar-refractivity contribution in [3.05, 3.63) is 76.2 Å². The van der Waals surface area contributed by atoms with Crippen LogP contribution in [0.2, 0.25) is 0 Å². The van der Waals surface area contributed by atoms with Crippen molar-refractivity contribution < 1.29 is 9.90 Å². The SMILES string of the molecule is O=C(O)C1=C(c2ccccc2)NN(C2Cc3ccccc3C2)S1. The van der Waals surface area contributed by atoms with Gasteiger partial charge < -0.3 is 10.5 Å². The minimum Gasteiger partial charge on any atom is -0.477 e. The van der Waals surface area contributed by atoms with Crippen LogP contribution in [0.25, 0.3) is 5.70 Å². The van der Waals surface area contributed by atoms with Crippen LogP contribution in [0.4, 0.5) is 0 Å². The third-order valence-electron chi connectivity index (χ3n) is 4.26. The standard InChI is InChI=1S/C18H16N2O2S/c21-18(22)17-16(12-6-2-1-3-7-12)19-20(23-17)15-10-13-8-4-5-9-14(13)11-15/h1-9,15,19H,10-11H2,(H,21,22). The van der Waals surface area contributed by atoms with Crippen LogP contribution < -0.4 is 5.43 Å². The van der Waals surface area contributed by atoms with E-state index < -0.39 is 5.97 Å². The fraction of sp³-hybridized carbons (Fsp3) is 0.167. The largest absolute Gasteiger partial charge is 0.477 e. The number of aliphatic carboxylic acids is 1. The predicted molar refractivity (Wildman–Crippen MR) is 91.2 cm³/mol. The summed E-state index contributed by atoms with van der Waals surface area (Å²) in [5.74, 6) is -0.889. The molecule has 0 radical (unpaired) electrons. The fourth-order valence-corrected chi connectivity index (χ4v) is 4.11. The Balaban J connectivity index is 1.58. The molecule has 0 unspecified atom stereocenters. The highest BCUT2D eigenvalue weighted by Crippen LogP contribution is 2.39. The molecule has 2 aromatic rings. The van der Waals surface area contributed by atoms with E-state index in [1.165, 1.54) is 23.1 Å². The second kappa shape index (κ2) is 5.76. The third-order valence-corrected chi connectivity index (χ3v) is 5.40. The molecule has 0 aromatic heterocycles. The van der Waals surface area contributed by atoms with Crippen molar-refractivity contribution in [1.82, 2.24) is 9.84 Å². The molecule has 0 atom stereocenters. The van der Waals surface area contributed by atoms with E-state index in [0.717, 1.165) is 18.4 Å². The Morgan fingerprint density at radius 2 is 1.65 bits per heavy atom. The van der Waals surface area contributed by atoms with Crippen molar-refractivity contribution in [2.75, 3.05) is 0 Å². The Labute approximate surface area is 138 Å². The molecule has 0 amide bonds. The van der Waals surface area contributed by atoms with E-state index in [1.54, 1.807) is 0 Å². The summed E-state index contributed by atoms with van der Waals surface area (Å²) in [6.45, 7) is 0. The van der Waals surface area contributed by atoms with Crippen LogP contribution in [0.1, 0.15) is 16.7 Å². The van der Waals surface area contributed by atoms with Gasteiger partial charge in [-0.05, 0) is 35.9 Å². The van der Waals surface area contributed by atoms with Crippen LogP contribution in [0.3, 0.4) is 0 Å². The summed E-state index contributed by atoms with van der Waals surface area (Å²) in [4.78, 5) is 12.0. The highest BCUT2D eigenvalue weighted by atomic mass is 32.2. The summed E-state index contributed by atoms with van der Waals surface area (Å²) in [7, 11) is 0. The molecule has 4 rings (SSSR count). The van der Waals surface area contributed by atoms with E-state index in [0.29, 0.717) is 10.6 Å². The second-order valence-corrected chi connectivity index (χ2v) is 6.72. The highest BCUT2D eigenvalue weighted by molar-refractivity contribution is 8.02. The van der Waals surface area contributed by atoms with Gasteiger partial charge in [0.15, 0.2) is 0 Å². The summed E-state index contributed by atoms with van der Waals surface area (Å²) in [6, 6.07) is 18.3. The van der Waals surface area contributed by atoms with Gasteiger partial charge in [-0.3, -0.25) is 0 Å². The number of rotatable bonds is 3. The van der Waals surface area contributed by atoms with E-state index in [1.807, 2.05) is 34.7 Å². The molecule has 1 heterocycles. The van der Waals surface area contributed by atoms with Crippen molar-refractivity contribution in [2.24, 2.45) is 0 Å². The Morgan fingerprint density at radius 1 is 1.04 bits per heavy atom. The van der Waals surface area contributed by atoms with Crippen LogP contribution in [0, 0.1) is 0 Å². The summed E-state index contributed by atoms with van der Waals surface area (Å²) in [5.41, 5.74) is 7.59. The first-order valence-electron chi connectivity index (χ1n) is 7.56. The van der Waals surface area contributed by atoms with E-state index in [4.69, 9.17) is 0 Å². The number of nitrogens with one attached hydrogen (secondary N) is 1. The van der Waals surface area contributed by atoms with E-state index in [-0.39, 0.29) is 6.04 Å². The Kier molecular flexibility index (Phi) is 3.59. The molecule has 116 valence electrons. The van der Waals surface area contributed by atoms with Gasteiger partial charge in [-0.1, -0.05) is 54.6 Å². The molecule has 2 N–H and O–H groups in total. The number of carboxylic acids is 1. The van der Waals surface area contributed by atoms with Crippen molar-refractivity contribution in [1.29, 1.82) is 0 Å². The highest BCUT2D eigenvalue weighted by Gasteiger charge is 2.35. The summed E-state index contributed by atoms with van der Waals surface area (Å²) in [5, 5.41) is 9.53. The van der Waals surface area contributed by atoms with Gasteiger partial charge in [0.2, 0.25) is 0 Å². The van der Waals surface area contributed by atoms with Gasteiger partial charge in [-0.15, -0.1) is 0 Å². The lowest BCUT2D eigenvalue weighted by Gasteiger charge is -2.23. The van der Waals surface area contributed by atoms with Crippen LogP contribution in [-0.4, -0.2) is 21.5 Å². The van der Waals surface area contributed by atoms with Crippen LogP contribution in [0.5, 0.6) is 0 Å². The van der Waals surface area contributed by atoms with Gasteiger partial charge in [-0.25, -0.2) is 4.79 Å². The average molecular weight is 324 g/mol. The average Bonchev–Trinajstić information content (AvgIpc) is 3.19. The van der Waals surface area contributed by atoms with Crippen molar-refractivity contribution >= 4 is 23.6 Å². The smallest absolute Gasteiger partial charge is 0.345 e. The Morgan fingerprint density at radius 3 is 2.26 bits per heavy atom. The molecule has 0 saturated heterocycles. The number of nitrogens with zero attached hydrogens (tertiary/aromatic N) is 1. The third kappa shape index (κ3) is 2.62. The van der Waals surface area contributed by atoms with Crippen molar-refractivity contribution in [2.45, 2.75) is 18.9 Å². The maximum atomic E-state index is 11.6. The molecule has 1 aliphatic heterocycles. The minimum atomic E-state index is -0.889. The molecule has 0 saturated carbocycles. The molecule has 2 aromatic carbocycles. The van der Waals surface area contributed by atoms with E-state index in [2.05, 4.69) is 29.7 Å². The van der Waals surface area contributed by atoms with Crippen LogP contribution >= 0.6 is 11.9 Å². The first-order chi connectivity index (χ1) is 11.2. The molecule has 1 aliphatic carbocycles. The quantitative estimate of drug-likeness (QED) is 0.850. The number of hydrazine groups is 1. The number of carboxylic acid groups (broad SMARTS) is 1. The maximum Gasteiger partial charge on any atom is 0.345 e. The van der Waals surface area contributed by atoms with Gasteiger partial charge in [0, 0.05) is 11.6 Å². The van der Waals surface area contributed by atoms with E-state index in [9.17, 15) is 9.90 Å². The number of hydrogen-bond acceptors (Lipinski definition) is 4. The molecule has 5 heteroatoms.